The van der Waals surface area contributed by atoms with Crippen LogP contribution in [-0.2, 0) is 16.6 Å². The van der Waals surface area contributed by atoms with Crippen molar-refractivity contribution >= 4 is 33.4 Å². The number of nitrogens with zero attached hydrogens (tertiary/aromatic N) is 2. The number of thioether (sulfide) groups is 1. The van der Waals surface area contributed by atoms with E-state index < -0.39 is 10.0 Å². The molecule has 2 N–H and O–H groups in total. The van der Waals surface area contributed by atoms with Crippen LogP contribution in [0, 0.1) is 0 Å². The first-order valence-corrected chi connectivity index (χ1v) is 11.6. The van der Waals surface area contributed by atoms with Gasteiger partial charge in [-0.05, 0) is 31.0 Å². The molecule has 1 atom stereocenters. The maximum atomic E-state index is 11.3. The van der Waals surface area contributed by atoms with Crippen LogP contribution in [0.25, 0.3) is 0 Å². The van der Waals surface area contributed by atoms with Crippen molar-refractivity contribution in [3.8, 4) is 0 Å². The van der Waals surface area contributed by atoms with Gasteiger partial charge in [-0.25, -0.2) is 13.4 Å². The Morgan fingerprint density at radius 2 is 2.04 bits per heavy atom. The van der Waals surface area contributed by atoms with Crippen LogP contribution in [0.1, 0.15) is 25.8 Å². The average Bonchev–Trinajstić information content (AvgIpc) is 2.58. The standard InChI is InChI=1S/C17H28N4O2S2/c1-4-16-13-21(10-11-24-16)17(18-5-2)19-12-14-6-8-15(9-7-14)20-25(3,22)23/h6-9,16,20H,4-5,10-13H2,1-3H3,(H,18,19). The summed E-state index contributed by atoms with van der Waals surface area (Å²) in [7, 11) is -3.24. The van der Waals surface area contributed by atoms with Gasteiger partial charge >= 0.3 is 0 Å². The lowest BCUT2D eigenvalue weighted by molar-refractivity contribution is 0.408. The number of anilines is 1. The number of benzene rings is 1. The molecule has 0 aromatic heterocycles. The van der Waals surface area contributed by atoms with Crippen molar-refractivity contribution in [2.75, 3.05) is 36.4 Å². The Hall–Kier alpha value is -1.41. The molecule has 2 rings (SSSR count). The van der Waals surface area contributed by atoms with E-state index in [9.17, 15) is 8.42 Å². The third kappa shape index (κ3) is 6.78. The number of hydrogen-bond donors (Lipinski definition) is 2. The van der Waals surface area contributed by atoms with Crippen LogP contribution < -0.4 is 10.0 Å². The number of guanidine groups is 1. The molecule has 140 valence electrons. The normalized spacial score (nSPS) is 18.9. The van der Waals surface area contributed by atoms with Crippen LogP contribution in [0.3, 0.4) is 0 Å². The fourth-order valence-electron chi connectivity index (χ4n) is 2.64. The van der Waals surface area contributed by atoms with Gasteiger partial charge in [-0.15, -0.1) is 0 Å². The Morgan fingerprint density at radius 1 is 1.32 bits per heavy atom. The van der Waals surface area contributed by atoms with E-state index >= 15 is 0 Å². The molecule has 8 heteroatoms. The van der Waals surface area contributed by atoms with Gasteiger partial charge in [-0.2, -0.15) is 11.8 Å². The Kier molecular flexibility index (Phi) is 7.43. The number of hydrogen-bond acceptors (Lipinski definition) is 4. The Bertz CT molecular complexity index is 674. The second-order valence-electron chi connectivity index (χ2n) is 6.09. The molecule has 6 nitrogen and oxygen atoms in total. The molecule has 0 saturated carbocycles. The van der Waals surface area contributed by atoms with Gasteiger partial charge in [0, 0.05) is 36.3 Å². The van der Waals surface area contributed by atoms with Crippen LogP contribution in [0.2, 0.25) is 0 Å². The minimum absolute atomic E-state index is 0.570. The fraction of sp³-hybridized carbons (Fsp3) is 0.588. The summed E-state index contributed by atoms with van der Waals surface area (Å²) in [5, 5.41) is 4.05. The molecule has 0 aliphatic carbocycles. The highest BCUT2D eigenvalue weighted by atomic mass is 32.2. The molecule has 0 bridgehead atoms. The summed E-state index contributed by atoms with van der Waals surface area (Å²) < 4.78 is 25.0. The van der Waals surface area contributed by atoms with Gasteiger partial charge in [-0.3, -0.25) is 4.72 Å². The van der Waals surface area contributed by atoms with Crippen molar-refractivity contribution in [3.63, 3.8) is 0 Å². The maximum absolute atomic E-state index is 11.3. The Labute approximate surface area is 155 Å². The van der Waals surface area contributed by atoms with E-state index in [0.29, 0.717) is 17.5 Å². The van der Waals surface area contributed by atoms with Crippen molar-refractivity contribution in [3.05, 3.63) is 29.8 Å². The predicted octanol–water partition coefficient (Wildman–Crippen LogP) is 2.35. The third-order valence-electron chi connectivity index (χ3n) is 3.90. The Balaban J connectivity index is 2.03. The molecule has 0 amide bonds. The highest BCUT2D eigenvalue weighted by molar-refractivity contribution is 8.00. The predicted molar refractivity (Wildman–Crippen MR) is 108 cm³/mol. The van der Waals surface area contributed by atoms with Crippen molar-refractivity contribution in [1.29, 1.82) is 0 Å². The first kappa shape index (κ1) is 19.9. The second kappa shape index (κ2) is 9.33. The summed E-state index contributed by atoms with van der Waals surface area (Å²) in [6.07, 6.45) is 2.32. The first-order chi connectivity index (χ1) is 11.9. The van der Waals surface area contributed by atoms with Crippen molar-refractivity contribution < 1.29 is 8.42 Å². The van der Waals surface area contributed by atoms with E-state index in [-0.39, 0.29) is 0 Å². The fourth-order valence-corrected chi connectivity index (χ4v) is 4.39. The smallest absolute Gasteiger partial charge is 0.229 e. The molecule has 1 aliphatic heterocycles. The van der Waals surface area contributed by atoms with Gasteiger partial charge in [0.15, 0.2) is 5.96 Å². The molecule has 1 aliphatic rings. The summed E-state index contributed by atoms with van der Waals surface area (Å²) in [5.74, 6) is 2.09. The maximum Gasteiger partial charge on any atom is 0.229 e. The van der Waals surface area contributed by atoms with Crippen LogP contribution in [0.15, 0.2) is 29.3 Å². The van der Waals surface area contributed by atoms with Crippen molar-refractivity contribution in [1.82, 2.24) is 10.2 Å². The first-order valence-electron chi connectivity index (χ1n) is 8.63. The van der Waals surface area contributed by atoms with E-state index in [0.717, 1.165) is 43.2 Å². The van der Waals surface area contributed by atoms with Crippen LogP contribution >= 0.6 is 11.8 Å². The van der Waals surface area contributed by atoms with Gasteiger partial charge in [-0.1, -0.05) is 19.1 Å². The van der Waals surface area contributed by atoms with Crippen molar-refractivity contribution in [2.45, 2.75) is 32.1 Å². The second-order valence-corrected chi connectivity index (χ2v) is 9.25. The summed E-state index contributed by atoms with van der Waals surface area (Å²) >= 11 is 2.04. The zero-order valence-electron chi connectivity index (χ0n) is 15.2. The zero-order valence-corrected chi connectivity index (χ0v) is 16.8. The van der Waals surface area contributed by atoms with Crippen LogP contribution in [0.4, 0.5) is 5.69 Å². The van der Waals surface area contributed by atoms with E-state index in [1.807, 2.05) is 23.9 Å². The van der Waals surface area contributed by atoms with E-state index in [4.69, 9.17) is 4.99 Å². The van der Waals surface area contributed by atoms with E-state index in [1.165, 1.54) is 6.42 Å². The van der Waals surface area contributed by atoms with E-state index in [2.05, 4.69) is 28.8 Å². The molecule has 0 spiro atoms. The number of rotatable bonds is 6. The largest absolute Gasteiger partial charge is 0.357 e. The average molecular weight is 385 g/mol. The molecular weight excluding hydrogens is 356 g/mol. The minimum atomic E-state index is -3.24. The zero-order chi connectivity index (χ0) is 18.3. The lowest BCUT2D eigenvalue weighted by atomic mass is 10.2. The van der Waals surface area contributed by atoms with Gasteiger partial charge in [0.1, 0.15) is 0 Å². The summed E-state index contributed by atoms with van der Waals surface area (Å²) in [6, 6.07) is 7.34. The lowest BCUT2D eigenvalue weighted by Crippen LogP contribution is -2.48. The summed E-state index contributed by atoms with van der Waals surface area (Å²) in [5.41, 5.74) is 1.62. The van der Waals surface area contributed by atoms with Gasteiger partial charge in [0.25, 0.3) is 0 Å². The van der Waals surface area contributed by atoms with Crippen LogP contribution in [0.5, 0.6) is 0 Å². The van der Waals surface area contributed by atoms with Crippen LogP contribution in [-0.4, -0.2) is 56.2 Å². The molecule has 0 radical (unpaired) electrons. The number of sulfonamides is 1. The SMILES string of the molecule is CCNC(=NCc1ccc(NS(C)(=O)=O)cc1)N1CCSC(CC)C1. The molecule has 25 heavy (non-hydrogen) atoms. The highest BCUT2D eigenvalue weighted by Crippen LogP contribution is 2.21. The molecular formula is C17H28N4O2S2. The van der Waals surface area contributed by atoms with Gasteiger partial charge in [0.05, 0.1) is 12.8 Å². The molecule has 1 fully saturated rings. The molecule has 1 aromatic rings. The number of nitrogens with one attached hydrogen (secondary N) is 2. The molecule has 1 unspecified atom stereocenters. The number of aliphatic imine (C=N–C) groups is 1. The quantitative estimate of drug-likeness (QED) is 0.582. The third-order valence-corrected chi connectivity index (χ3v) is 5.88. The summed E-state index contributed by atoms with van der Waals surface area (Å²) in [4.78, 5) is 7.10. The highest BCUT2D eigenvalue weighted by Gasteiger charge is 2.21. The monoisotopic (exact) mass is 384 g/mol. The summed E-state index contributed by atoms with van der Waals surface area (Å²) in [6.45, 7) is 7.78. The lowest BCUT2D eigenvalue weighted by Gasteiger charge is -2.34. The topological polar surface area (TPSA) is 73.8 Å². The molecule has 1 aromatic carbocycles. The van der Waals surface area contributed by atoms with Gasteiger partial charge in [0.2, 0.25) is 10.0 Å². The molecule has 1 saturated heterocycles. The molecule has 1 heterocycles. The van der Waals surface area contributed by atoms with Crippen molar-refractivity contribution in [2.24, 2.45) is 4.99 Å². The van der Waals surface area contributed by atoms with Gasteiger partial charge < -0.3 is 10.2 Å². The Morgan fingerprint density at radius 3 is 2.64 bits per heavy atom. The minimum Gasteiger partial charge on any atom is -0.357 e. The van der Waals surface area contributed by atoms with E-state index in [1.54, 1.807) is 12.1 Å².